The first kappa shape index (κ1) is 20.6. The molecular formula is C24H24FN5OS. The van der Waals surface area contributed by atoms with Crippen LogP contribution in [0.5, 0.6) is 0 Å². The van der Waals surface area contributed by atoms with E-state index in [0.29, 0.717) is 12.2 Å². The molecule has 1 N–H and O–H groups in total. The van der Waals surface area contributed by atoms with Gasteiger partial charge in [-0.2, -0.15) is 10.1 Å². The molecule has 1 aliphatic heterocycles. The lowest BCUT2D eigenvalue weighted by Crippen LogP contribution is -2.40. The summed E-state index contributed by atoms with van der Waals surface area (Å²) >= 11 is 1.58. The third kappa shape index (κ3) is 3.86. The van der Waals surface area contributed by atoms with Gasteiger partial charge in [-0.3, -0.25) is 4.79 Å². The molecule has 0 radical (unpaired) electrons. The summed E-state index contributed by atoms with van der Waals surface area (Å²) in [4.78, 5) is 20.0. The number of nitrogens with one attached hydrogen (secondary N) is 1. The van der Waals surface area contributed by atoms with Crippen LogP contribution in [-0.2, 0) is 4.79 Å². The Hall–Kier alpha value is -3.26. The molecule has 0 unspecified atom stereocenters. The van der Waals surface area contributed by atoms with Crippen molar-refractivity contribution in [3.8, 4) is 5.69 Å². The molecule has 3 heterocycles. The summed E-state index contributed by atoms with van der Waals surface area (Å²) in [5, 5.41) is 8.52. The van der Waals surface area contributed by atoms with Crippen LogP contribution >= 0.6 is 11.3 Å². The number of aromatic nitrogens is 3. The zero-order valence-electron chi connectivity index (χ0n) is 18.0. The number of hydrogen-bond donors (Lipinski definition) is 1. The molecule has 0 bridgehead atoms. The zero-order chi connectivity index (χ0) is 22.2. The van der Waals surface area contributed by atoms with E-state index in [1.54, 1.807) is 22.1 Å². The van der Waals surface area contributed by atoms with Crippen LogP contribution in [0.4, 0.5) is 15.2 Å². The molecule has 5 rings (SSSR count). The Labute approximate surface area is 189 Å². The van der Waals surface area contributed by atoms with Crippen molar-refractivity contribution in [1.29, 1.82) is 0 Å². The number of piperidine rings is 1. The van der Waals surface area contributed by atoms with E-state index < -0.39 is 0 Å². The molecule has 1 saturated heterocycles. The molecule has 1 atom stereocenters. The van der Waals surface area contributed by atoms with Crippen LogP contribution in [0.25, 0.3) is 16.0 Å². The number of anilines is 2. The van der Waals surface area contributed by atoms with E-state index in [1.165, 1.54) is 12.1 Å². The number of thiazole rings is 1. The van der Waals surface area contributed by atoms with Crippen molar-refractivity contribution in [2.45, 2.75) is 26.7 Å². The molecular weight excluding hydrogens is 425 g/mol. The quantitative estimate of drug-likeness (QED) is 0.471. The van der Waals surface area contributed by atoms with Crippen LogP contribution in [0.15, 0.2) is 48.5 Å². The van der Waals surface area contributed by atoms with Crippen LogP contribution in [0.2, 0.25) is 0 Å². The van der Waals surface area contributed by atoms with Gasteiger partial charge in [0.1, 0.15) is 5.82 Å². The van der Waals surface area contributed by atoms with Crippen molar-refractivity contribution >= 4 is 38.4 Å². The van der Waals surface area contributed by atoms with Crippen LogP contribution in [0.3, 0.4) is 0 Å². The lowest BCUT2D eigenvalue weighted by molar-refractivity contribution is -0.120. The number of halogens is 1. The highest BCUT2D eigenvalue weighted by Crippen LogP contribution is 2.34. The van der Waals surface area contributed by atoms with Crippen LogP contribution in [0.1, 0.15) is 24.1 Å². The largest absolute Gasteiger partial charge is 0.347 e. The molecule has 0 saturated carbocycles. The van der Waals surface area contributed by atoms with Crippen molar-refractivity contribution in [2.75, 3.05) is 23.3 Å². The van der Waals surface area contributed by atoms with Gasteiger partial charge in [0.05, 0.1) is 22.0 Å². The molecule has 1 amide bonds. The summed E-state index contributed by atoms with van der Waals surface area (Å²) in [5.41, 5.74) is 4.14. The maximum atomic E-state index is 13.8. The average Bonchev–Trinajstić information content (AvgIpc) is 3.36. The molecule has 164 valence electrons. The molecule has 0 aliphatic carbocycles. The Balaban J connectivity index is 1.39. The Morgan fingerprint density at radius 3 is 2.84 bits per heavy atom. The number of para-hydroxylation sites is 1. The highest BCUT2D eigenvalue weighted by atomic mass is 32.1. The van der Waals surface area contributed by atoms with Crippen LogP contribution in [-0.4, -0.2) is 33.8 Å². The normalized spacial score (nSPS) is 16.5. The van der Waals surface area contributed by atoms with E-state index in [-0.39, 0.29) is 17.6 Å². The van der Waals surface area contributed by atoms with Gasteiger partial charge in [-0.1, -0.05) is 35.6 Å². The van der Waals surface area contributed by atoms with Crippen molar-refractivity contribution in [2.24, 2.45) is 5.92 Å². The lowest BCUT2D eigenvalue weighted by atomic mass is 9.97. The maximum Gasteiger partial charge on any atom is 0.229 e. The Bertz CT molecular complexity index is 1300. The molecule has 1 fully saturated rings. The number of benzene rings is 2. The predicted octanol–water partition coefficient (Wildman–Crippen LogP) is 5.09. The van der Waals surface area contributed by atoms with Gasteiger partial charge in [0.15, 0.2) is 10.8 Å². The SMILES string of the molecule is Cc1ccccc1NC(=O)[C@H]1CCCN(c2nc3c(s2)c(C)nn3-c2cccc(F)c2)C1. The first-order valence-electron chi connectivity index (χ1n) is 10.7. The number of aryl methyl sites for hydroxylation is 2. The fourth-order valence-electron chi connectivity index (χ4n) is 4.16. The first-order valence-corrected chi connectivity index (χ1v) is 11.5. The second-order valence-electron chi connectivity index (χ2n) is 8.22. The maximum absolute atomic E-state index is 13.8. The van der Waals surface area contributed by atoms with Crippen molar-refractivity contribution in [3.05, 3.63) is 65.6 Å². The summed E-state index contributed by atoms with van der Waals surface area (Å²) < 4.78 is 16.4. The Kier molecular flexibility index (Phi) is 5.38. The highest BCUT2D eigenvalue weighted by Gasteiger charge is 2.28. The number of fused-ring (bicyclic) bond motifs is 1. The standard InChI is InChI=1S/C24H24FN5OS/c1-15-7-3-4-11-20(15)26-23(31)17-8-6-12-29(14-17)24-27-22-21(32-24)16(2)28-30(22)19-10-5-9-18(25)13-19/h3-5,7,9-11,13,17H,6,8,12,14H2,1-2H3,(H,26,31)/t17-/m0/s1. The van der Waals surface area contributed by atoms with Gasteiger partial charge >= 0.3 is 0 Å². The molecule has 0 spiro atoms. The van der Waals surface area contributed by atoms with Crippen molar-refractivity contribution < 1.29 is 9.18 Å². The number of rotatable bonds is 4. The molecule has 4 aromatic rings. The van der Waals surface area contributed by atoms with E-state index in [2.05, 4.69) is 15.3 Å². The number of carbonyl (C=O) groups excluding carboxylic acids is 1. The summed E-state index contributed by atoms with van der Waals surface area (Å²) in [7, 11) is 0. The number of nitrogens with zero attached hydrogens (tertiary/aromatic N) is 4. The van der Waals surface area contributed by atoms with Gasteiger partial charge in [-0.05, 0) is 56.5 Å². The molecule has 32 heavy (non-hydrogen) atoms. The second-order valence-corrected chi connectivity index (χ2v) is 9.19. The van der Waals surface area contributed by atoms with Crippen LogP contribution < -0.4 is 10.2 Å². The van der Waals surface area contributed by atoms with E-state index >= 15 is 0 Å². The molecule has 2 aromatic heterocycles. The number of carbonyl (C=O) groups is 1. The minimum absolute atomic E-state index is 0.0484. The average molecular weight is 450 g/mol. The molecule has 1 aliphatic rings. The summed E-state index contributed by atoms with van der Waals surface area (Å²) in [5.74, 6) is -0.360. The van der Waals surface area contributed by atoms with Crippen molar-refractivity contribution in [1.82, 2.24) is 14.8 Å². The summed E-state index contributed by atoms with van der Waals surface area (Å²) in [6, 6.07) is 14.2. The third-order valence-corrected chi connectivity index (χ3v) is 7.11. The molecule has 8 heteroatoms. The van der Waals surface area contributed by atoms with Gasteiger partial charge in [-0.15, -0.1) is 0 Å². The van der Waals surface area contributed by atoms with Crippen molar-refractivity contribution in [3.63, 3.8) is 0 Å². The zero-order valence-corrected chi connectivity index (χ0v) is 18.8. The van der Waals surface area contributed by atoms with E-state index in [9.17, 15) is 9.18 Å². The fourth-order valence-corrected chi connectivity index (χ4v) is 5.18. The molecule has 2 aromatic carbocycles. The highest BCUT2D eigenvalue weighted by molar-refractivity contribution is 7.22. The summed E-state index contributed by atoms with van der Waals surface area (Å²) in [6.07, 6.45) is 1.78. The smallest absolute Gasteiger partial charge is 0.229 e. The minimum atomic E-state index is -0.308. The Morgan fingerprint density at radius 1 is 1.19 bits per heavy atom. The Morgan fingerprint density at radius 2 is 2.03 bits per heavy atom. The third-order valence-electron chi connectivity index (χ3n) is 5.90. The summed E-state index contributed by atoms with van der Waals surface area (Å²) in [6.45, 7) is 5.42. The fraction of sp³-hybridized carbons (Fsp3) is 0.292. The van der Waals surface area contributed by atoms with Crippen LogP contribution in [0, 0.1) is 25.6 Å². The predicted molar refractivity (Wildman–Crippen MR) is 126 cm³/mol. The van der Waals surface area contributed by atoms with Gasteiger partial charge < -0.3 is 10.2 Å². The monoisotopic (exact) mass is 449 g/mol. The topological polar surface area (TPSA) is 63.1 Å². The van der Waals surface area contributed by atoms with Gasteiger partial charge in [-0.25, -0.2) is 9.07 Å². The van der Waals surface area contributed by atoms with Gasteiger partial charge in [0.2, 0.25) is 5.91 Å². The lowest BCUT2D eigenvalue weighted by Gasteiger charge is -2.31. The van der Waals surface area contributed by atoms with Gasteiger partial charge in [0, 0.05) is 18.8 Å². The van der Waals surface area contributed by atoms with E-state index in [1.807, 2.05) is 44.2 Å². The van der Waals surface area contributed by atoms with E-state index in [0.717, 1.165) is 51.8 Å². The first-order chi connectivity index (χ1) is 15.5. The van der Waals surface area contributed by atoms with E-state index in [4.69, 9.17) is 4.98 Å². The number of hydrogen-bond acceptors (Lipinski definition) is 5. The molecule has 6 nitrogen and oxygen atoms in total. The minimum Gasteiger partial charge on any atom is -0.347 e. The second kappa shape index (κ2) is 8.35. The van der Waals surface area contributed by atoms with Gasteiger partial charge in [0.25, 0.3) is 0 Å². The number of amides is 1.